The van der Waals surface area contributed by atoms with Crippen molar-refractivity contribution in [2.24, 2.45) is 0 Å². The Hall–Kier alpha value is -1.14. The summed E-state index contributed by atoms with van der Waals surface area (Å²) >= 11 is 0. The van der Waals surface area contributed by atoms with Crippen LogP contribution in [0, 0.1) is 5.82 Å². The van der Waals surface area contributed by atoms with Gasteiger partial charge in [-0.25, -0.2) is 12.8 Å². The average Bonchev–Trinajstić information content (AvgIpc) is 2.26. The first-order valence-electron chi connectivity index (χ1n) is 5.60. The number of rotatable bonds is 6. The molecular weight excluding hydrogens is 257 g/mol. The molecule has 0 saturated carbocycles. The molecule has 1 atom stereocenters. The first-order valence-corrected chi connectivity index (χ1v) is 7.67. The highest BCUT2D eigenvalue weighted by Crippen LogP contribution is 2.21. The minimum absolute atomic E-state index is 0.0270. The molecule has 6 heteroatoms. The summed E-state index contributed by atoms with van der Waals surface area (Å²) < 4.78 is 40.7. The van der Waals surface area contributed by atoms with Crippen molar-refractivity contribution in [3.63, 3.8) is 0 Å². The first kappa shape index (κ1) is 14.9. The van der Waals surface area contributed by atoms with Gasteiger partial charge in [-0.1, -0.05) is 6.07 Å². The van der Waals surface area contributed by atoms with Gasteiger partial charge in [-0.05, 0) is 20.0 Å². The van der Waals surface area contributed by atoms with Crippen LogP contribution in [-0.2, 0) is 9.84 Å². The maximum Gasteiger partial charge on any atom is 0.150 e. The molecule has 0 bridgehead atoms. The van der Waals surface area contributed by atoms with Crippen LogP contribution in [0.2, 0.25) is 0 Å². The maximum atomic E-state index is 13.7. The Kier molecular flexibility index (Phi) is 5.10. The van der Waals surface area contributed by atoms with Gasteiger partial charge >= 0.3 is 0 Å². The van der Waals surface area contributed by atoms with Gasteiger partial charge in [-0.3, -0.25) is 0 Å². The lowest BCUT2D eigenvalue weighted by Crippen LogP contribution is -2.14. The minimum Gasteiger partial charge on any atom is -0.492 e. The molecule has 102 valence electrons. The van der Waals surface area contributed by atoms with Crippen LogP contribution in [0.5, 0.6) is 5.75 Å². The van der Waals surface area contributed by atoms with Crippen LogP contribution in [0.15, 0.2) is 18.2 Å². The number of halogens is 1. The summed E-state index contributed by atoms with van der Waals surface area (Å²) in [6.07, 6.45) is 1.13. The Labute approximate surface area is 107 Å². The van der Waals surface area contributed by atoms with Crippen LogP contribution in [0.1, 0.15) is 18.5 Å². The van der Waals surface area contributed by atoms with Gasteiger partial charge in [0.2, 0.25) is 0 Å². The van der Waals surface area contributed by atoms with Crippen molar-refractivity contribution in [3.8, 4) is 5.75 Å². The topological polar surface area (TPSA) is 55.4 Å². The van der Waals surface area contributed by atoms with Crippen LogP contribution in [0.25, 0.3) is 0 Å². The molecule has 0 aliphatic rings. The highest BCUT2D eigenvalue weighted by molar-refractivity contribution is 7.90. The molecule has 1 aromatic rings. The zero-order valence-electron chi connectivity index (χ0n) is 10.7. The quantitative estimate of drug-likeness (QED) is 0.855. The van der Waals surface area contributed by atoms with E-state index in [1.807, 2.05) is 6.92 Å². The van der Waals surface area contributed by atoms with Gasteiger partial charge in [0.15, 0.2) is 9.84 Å². The van der Waals surface area contributed by atoms with E-state index in [0.29, 0.717) is 11.3 Å². The molecule has 0 aliphatic heterocycles. The maximum absolute atomic E-state index is 13.7. The SMILES string of the molecule is CNC(C)c1ccc(OCCS(C)(=O)=O)cc1F. The van der Waals surface area contributed by atoms with Gasteiger partial charge in [-0.2, -0.15) is 0 Å². The Morgan fingerprint density at radius 2 is 2.11 bits per heavy atom. The second-order valence-corrected chi connectivity index (χ2v) is 6.43. The van der Waals surface area contributed by atoms with E-state index >= 15 is 0 Å². The van der Waals surface area contributed by atoms with Crippen molar-refractivity contribution >= 4 is 9.84 Å². The molecule has 1 unspecified atom stereocenters. The monoisotopic (exact) mass is 275 g/mol. The fourth-order valence-corrected chi connectivity index (χ4v) is 1.80. The predicted octanol–water partition coefficient (Wildman–Crippen LogP) is 1.53. The van der Waals surface area contributed by atoms with Crippen molar-refractivity contribution in [3.05, 3.63) is 29.6 Å². The second kappa shape index (κ2) is 6.15. The van der Waals surface area contributed by atoms with Crippen molar-refractivity contribution in [1.29, 1.82) is 0 Å². The lowest BCUT2D eigenvalue weighted by atomic mass is 10.1. The molecule has 0 fully saturated rings. The van der Waals surface area contributed by atoms with E-state index in [2.05, 4.69) is 5.32 Å². The fraction of sp³-hybridized carbons (Fsp3) is 0.500. The Bertz CT molecular complexity index is 502. The third-order valence-electron chi connectivity index (χ3n) is 2.59. The number of hydrogen-bond donors (Lipinski definition) is 1. The summed E-state index contributed by atoms with van der Waals surface area (Å²) in [6, 6.07) is 4.45. The summed E-state index contributed by atoms with van der Waals surface area (Å²) in [4.78, 5) is 0. The molecule has 4 nitrogen and oxygen atoms in total. The number of sulfone groups is 1. The molecule has 0 heterocycles. The molecule has 0 aromatic heterocycles. The summed E-state index contributed by atoms with van der Waals surface area (Å²) in [7, 11) is -1.31. The van der Waals surface area contributed by atoms with Crippen molar-refractivity contribution < 1.29 is 17.5 Å². The highest BCUT2D eigenvalue weighted by atomic mass is 32.2. The molecule has 0 amide bonds. The lowest BCUT2D eigenvalue weighted by molar-refractivity contribution is 0.338. The van der Waals surface area contributed by atoms with Gasteiger partial charge in [0, 0.05) is 23.9 Å². The minimum atomic E-state index is -3.06. The van der Waals surface area contributed by atoms with Crippen LogP contribution in [0.4, 0.5) is 4.39 Å². The molecule has 0 radical (unpaired) electrons. The molecule has 0 aliphatic carbocycles. The molecular formula is C12H18FNO3S. The molecule has 1 rings (SSSR count). The zero-order chi connectivity index (χ0) is 13.8. The van der Waals surface area contributed by atoms with Gasteiger partial charge in [0.1, 0.15) is 18.2 Å². The van der Waals surface area contributed by atoms with E-state index in [1.165, 1.54) is 6.07 Å². The van der Waals surface area contributed by atoms with E-state index in [0.717, 1.165) is 6.26 Å². The first-order chi connectivity index (χ1) is 8.33. The highest BCUT2D eigenvalue weighted by Gasteiger charge is 2.10. The molecule has 1 aromatic carbocycles. The second-order valence-electron chi connectivity index (χ2n) is 4.17. The van der Waals surface area contributed by atoms with Crippen LogP contribution in [-0.4, -0.2) is 34.1 Å². The van der Waals surface area contributed by atoms with E-state index in [9.17, 15) is 12.8 Å². The fourth-order valence-electron chi connectivity index (χ4n) is 1.42. The normalized spacial score (nSPS) is 13.3. The van der Waals surface area contributed by atoms with Gasteiger partial charge in [0.25, 0.3) is 0 Å². The summed E-state index contributed by atoms with van der Waals surface area (Å²) in [5.74, 6) is -0.111. The lowest BCUT2D eigenvalue weighted by Gasteiger charge is -2.13. The van der Waals surface area contributed by atoms with Crippen molar-refractivity contribution in [2.45, 2.75) is 13.0 Å². The van der Waals surface area contributed by atoms with Crippen LogP contribution in [0.3, 0.4) is 0 Å². The molecule has 18 heavy (non-hydrogen) atoms. The van der Waals surface area contributed by atoms with E-state index in [-0.39, 0.29) is 24.2 Å². The molecule has 1 N–H and O–H groups in total. The zero-order valence-corrected chi connectivity index (χ0v) is 11.6. The summed E-state index contributed by atoms with van der Waals surface area (Å²) in [5, 5.41) is 2.94. The van der Waals surface area contributed by atoms with Gasteiger partial charge in [-0.15, -0.1) is 0 Å². The Morgan fingerprint density at radius 1 is 1.44 bits per heavy atom. The Balaban J connectivity index is 2.67. The number of ether oxygens (including phenoxy) is 1. The third kappa shape index (κ3) is 4.62. The van der Waals surface area contributed by atoms with Crippen LogP contribution >= 0.6 is 0 Å². The third-order valence-corrected chi connectivity index (χ3v) is 3.50. The standard InChI is InChI=1S/C12H18FNO3S/c1-9(14-2)11-5-4-10(8-12(11)13)17-6-7-18(3,15)16/h4-5,8-9,14H,6-7H2,1-3H3. The van der Waals surface area contributed by atoms with Crippen molar-refractivity contribution in [1.82, 2.24) is 5.32 Å². The van der Waals surface area contributed by atoms with E-state index in [1.54, 1.807) is 19.2 Å². The number of nitrogens with one attached hydrogen (secondary N) is 1. The van der Waals surface area contributed by atoms with Gasteiger partial charge < -0.3 is 10.1 Å². The van der Waals surface area contributed by atoms with Gasteiger partial charge in [0.05, 0.1) is 5.75 Å². The summed E-state index contributed by atoms with van der Waals surface area (Å²) in [5.41, 5.74) is 0.549. The molecule has 0 saturated heterocycles. The smallest absolute Gasteiger partial charge is 0.150 e. The van der Waals surface area contributed by atoms with E-state index in [4.69, 9.17) is 4.74 Å². The van der Waals surface area contributed by atoms with Crippen molar-refractivity contribution in [2.75, 3.05) is 25.7 Å². The average molecular weight is 275 g/mol. The predicted molar refractivity (Wildman–Crippen MR) is 69.1 cm³/mol. The van der Waals surface area contributed by atoms with E-state index < -0.39 is 9.84 Å². The largest absolute Gasteiger partial charge is 0.492 e. The Morgan fingerprint density at radius 3 is 2.61 bits per heavy atom. The molecule has 0 spiro atoms. The van der Waals surface area contributed by atoms with Crippen LogP contribution < -0.4 is 10.1 Å². The number of hydrogen-bond acceptors (Lipinski definition) is 4. The number of benzene rings is 1. The summed E-state index contributed by atoms with van der Waals surface area (Å²) in [6.45, 7) is 1.88.